The fourth-order valence-corrected chi connectivity index (χ4v) is 2.62. The number of benzene rings is 2. The summed E-state index contributed by atoms with van der Waals surface area (Å²) >= 11 is 3.53. The van der Waals surface area contributed by atoms with Crippen molar-refractivity contribution >= 4 is 15.9 Å². The van der Waals surface area contributed by atoms with Gasteiger partial charge in [-0.15, -0.1) is 0 Å². The zero-order valence-corrected chi connectivity index (χ0v) is 13.1. The molecule has 0 spiro atoms. The summed E-state index contributed by atoms with van der Waals surface area (Å²) in [5, 5.41) is 3.44. The average Bonchev–Trinajstić information content (AvgIpc) is 2.39. The van der Waals surface area contributed by atoms with Crippen molar-refractivity contribution in [3.8, 4) is 11.1 Å². The Morgan fingerprint density at radius 3 is 2.63 bits per heavy atom. The van der Waals surface area contributed by atoms with E-state index in [-0.39, 0.29) is 0 Å². The van der Waals surface area contributed by atoms with E-state index < -0.39 is 0 Å². The zero-order valence-electron chi connectivity index (χ0n) is 11.5. The van der Waals surface area contributed by atoms with Crippen molar-refractivity contribution in [2.45, 2.75) is 26.8 Å². The number of aryl methyl sites for hydroxylation is 1. The molecule has 0 aliphatic rings. The van der Waals surface area contributed by atoms with Crippen molar-refractivity contribution in [3.63, 3.8) is 0 Å². The number of nitrogens with one attached hydrogen (secondary N) is 1. The van der Waals surface area contributed by atoms with E-state index in [0.29, 0.717) is 0 Å². The van der Waals surface area contributed by atoms with Crippen LogP contribution in [-0.2, 0) is 6.54 Å². The second kappa shape index (κ2) is 6.88. The first-order chi connectivity index (χ1) is 9.20. The van der Waals surface area contributed by atoms with E-state index in [2.05, 4.69) is 77.6 Å². The number of halogens is 1. The van der Waals surface area contributed by atoms with E-state index in [9.17, 15) is 0 Å². The fourth-order valence-electron chi connectivity index (χ4n) is 2.23. The predicted molar refractivity (Wildman–Crippen MR) is 86.3 cm³/mol. The van der Waals surface area contributed by atoms with Crippen molar-refractivity contribution in [3.05, 3.63) is 58.1 Å². The summed E-state index contributed by atoms with van der Waals surface area (Å²) < 4.78 is 1.12. The van der Waals surface area contributed by atoms with Gasteiger partial charge in [0.05, 0.1) is 0 Å². The zero-order chi connectivity index (χ0) is 13.7. The summed E-state index contributed by atoms with van der Waals surface area (Å²) in [4.78, 5) is 0. The summed E-state index contributed by atoms with van der Waals surface area (Å²) in [7, 11) is 0. The van der Waals surface area contributed by atoms with E-state index in [1.165, 1.54) is 28.7 Å². The Bertz CT molecular complexity index is 549. The van der Waals surface area contributed by atoms with Gasteiger partial charge in [0.2, 0.25) is 0 Å². The maximum Gasteiger partial charge on any atom is 0.0205 e. The van der Waals surface area contributed by atoms with E-state index in [1.807, 2.05) is 0 Å². The normalized spacial score (nSPS) is 10.7. The van der Waals surface area contributed by atoms with Crippen LogP contribution in [0.25, 0.3) is 11.1 Å². The molecule has 0 aromatic heterocycles. The highest BCUT2D eigenvalue weighted by Crippen LogP contribution is 2.26. The first-order valence-corrected chi connectivity index (χ1v) is 7.56. The highest BCUT2D eigenvalue weighted by molar-refractivity contribution is 9.10. The van der Waals surface area contributed by atoms with Crippen LogP contribution in [0.15, 0.2) is 46.9 Å². The molecule has 0 radical (unpaired) electrons. The van der Waals surface area contributed by atoms with Crippen LogP contribution < -0.4 is 5.32 Å². The maximum atomic E-state index is 3.53. The highest BCUT2D eigenvalue weighted by atomic mass is 79.9. The molecule has 1 nitrogen and oxygen atoms in total. The van der Waals surface area contributed by atoms with Gasteiger partial charge >= 0.3 is 0 Å². The molecule has 0 aliphatic heterocycles. The Hall–Kier alpha value is -1.12. The molecule has 19 heavy (non-hydrogen) atoms. The second-order valence-electron chi connectivity index (χ2n) is 4.84. The lowest BCUT2D eigenvalue weighted by atomic mass is 9.98. The van der Waals surface area contributed by atoms with Gasteiger partial charge in [-0.05, 0) is 54.3 Å². The third-order valence-electron chi connectivity index (χ3n) is 3.18. The lowest BCUT2D eigenvalue weighted by molar-refractivity contribution is 0.675. The van der Waals surface area contributed by atoms with Gasteiger partial charge in [-0.25, -0.2) is 0 Å². The van der Waals surface area contributed by atoms with Gasteiger partial charge < -0.3 is 5.32 Å². The van der Waals surface area contributed by atoms with Crippen LogP contribution >= 0.6 is 15.9 Å². The summed E-state index contributed by atoms with van der Waals surface area (Å²) in [5.41, 5.74) is 5.25. The standard InChI is InChI=1S/C17H20BrN/c1-3-9-19-12-14-7-8-17(13(2)10-14)15-5-4-6-16(18)11-15/h4-8,10-11,19H,3,9,12H2,1-2H3. The van der Waals surface area contributed by atoms with Crippen molar-refractivity contribution in [1.29, 1.82) is 0 Å². The first-order valence-electron chi connectivity index (χ1n) is 6.77. The number of hydrogen-bond acceptors (Lipinski definition) is 1. The average molecular weight is 318 g/mol. The largest absolute Gasteiger partial charge is 0.313 e. The molecule has 2 aromatic rings. The Balaban J connectivity index is 2.19. The van der Waals surface area contributed by atoms with Crippen LogP contribution in [0.2, 0.25) is 0 Å². The Morgan fingerprint density at radius 1 is 1.11 bits per heavy atom. The van der Waals surface area contributed by atoms with Crippen LogP contribution in [0.5, 0.6) is 0 Å². The van der Waals surface area contributed by atoms with Gasteiger partial charge in [-0.2, -0.15) is 0 Å². The third kappa shape index (κ3) is 3.92. The molecule has 2 heteroatoms. The van der Waals surface area contributed by atoms with Gasteiger partial charge in [0.1, 0.15) is 0 Å². The van der Waals surface area contributed by atoms with Crippen LogP contribution in [0.4, 0.5) is 0 Å². The Morgan fingerprint density at radius 2 is 1.95 bits per heavy atom. The molecule has 0 heterocycles. The highest BCUT2D eigenvalue weighted by Gasteiger charge is 2.03. The van der Waals surface area contributed by atoms with Crippen molar-refractivity contribution in [2.75, 3.05) is 6.54 Å². The van der Waals surface area contributed by atoms with Crippen molar-refractivity contribution in [2.24, 2.45) is 0 Å². The smallest absolute Gasteiger partial charge is 0.0205 e. The van der Waals surface area contributed by atoms with E-state index in [4.69, 9.17) is 0 Å². The SMILES string of the molecule is CCCNCc1ccc(-c2cccc(Br)c2)c(C)c1. The number of hydrogen-bond donors (Lipinski definition) is 1. The minimum absolute atomic E-state index is 0.952. The van der Waals surface area contributed by atoms with E-state index >= 15 is 0 Å². The maximum absolute atomic E-state index is 3.53. The minimum Gasteiger partial charge on any atom is -0.313 e. The molecular formula is C17H20BrN. The third-order valence-corrected chi connectivity index (χ3v) is 3.68. The van der Waals surface area contributed by atoms with Crippen LogP contribution in [0.3, 0.4) is 0 Å². The molecule has 2 aromatic carbocycles. The summed E-state index contributed by atoms with van der Waals surface area (Å²) in [6.07, 6.45) is 1.18. The summed E-state index contributed by atoms with van der Waals surface area (Å²) in [6, 6.07) is 15.2. The molecule has 0 saturated heterocycles. The molecule has 0 bridgehead atoms. The molecule has 0 unspecified atom stereocenters. The quantitative estimate of drug-likeness (QED) is 0.771. The van der Waals surface area contributed by atoms with Crippen LogP contribution in [0.1, 0.15) is 24.5 Å². The molecule has 0 saturated carbocycles. The van der Waals surface area contributed by atoms with Gasteiger partial charge in [0.15, 0.2) is 0 Å². The molecule has 0 atom stereocenters. The molecule has 0 aliphatic carbocycles. The summed E-state index contributed by atoms with van der Waals surface area (Å²) in [6.45, 7) is 6.40. The van der Waals surface area contributed by atoms with Crippen LogP contribution in [-0.4, -0.2) is 6.54 Å². The predicted octanol–water partition coefficient (Wildman–Crippen LogP) is 4.92. The molecule has 100 valence electrons. The first kappa shape index (κ1) is 14.3. The summed E-state index contributed by atoms with van der Waals surface area (Å²) in [5.74, 6) is 0. The topological polar surface area (TPSA) is 12.0 Å². The Labute approximate surface area is 124 Å². The van der Waals surface area contributed by atoms with E-state index in [0.717, 1.165) is 17.6 Å². The fraction of sp³-hybridized carbons (Fsp3) is 0.294. The lowest BCUT2D eigenvalue weighted by Gasteiger charge is -2.10. The molecule has 2 rings (SSSR count). The molecule has 0 amide bonds. The van der Waals surface area contributed by atoms with Crippen molar-refractivity contribution < 1.29 is 0 Å². The number of rotatable bonds is 5. The van der Waals surface area contributed by atoms with Gasteiger partial charge in [-0.3, -0.25) is 0 Å². The van der Waals surface area contributed by atoms with Crippen molar-refractivity contribution in [1.82, 2.24) is 5.32 Å². The van der Waals surface area contributed by atoms with Gasteiger partial charge in [0.25, 0.3) is 0 Å². The molecule has 0 fully saturated rings. The second-order valence-corrected chi connectivity index (χ2v) is 5.75. The van der Waals surface area contributed by atoms with Gasteiger partial charge in [-0.1, -0.05) is 53.2 Å². The molecular weight excluding hydrogens is 298 g/mol. The lowest BCUT2D eigenvalue weighted by Crippen LogP contribution is -2.13. The van der Waals surface area contributed by atoms with Gasteiger partial charge in [0, 0.05) is 11.0 Å². The Kier molecular flexibility index (Phi) is 5.17. The van der Waals surface area contributed by atoms with Crippen LogP contribution in [0, 0.1) is 6.92 Å². The van der Waals surface area contributed by atoms with E-state index in [1.54, 1.807) is 0 Å². The minimum atomic E-state index is 0.952. The monoisotopic (exact) mass is 317 g/mol. The molecule has 1 N–H and O–H groups in total.